The molecule has 1 aliphatic rings. The Morgan fingerprint density at radius 1 is 1.14 bits per heavy atom. The van der Waals surface area contributed by atoms with Crippen molar-refractivity contribution in [1.82, 2.24) is 25.3 Å². The minimum absolute atomic E-state index is 0.203. The number of rotatable bonds is 15. The van der Waals surface area contributed by atoms with Crippen molar-refractivity contribution in [2.75, 3.05) is 54.1 Å². The highest BCUT2D eigenvalue weighted by atomic mass is 16.5. The van der Waals surface area contributed by atoms with E-state index in [0.29, 0.717) is 32.1 Å². The van der Waals surface area contributed by atoms with Crippen LogP contribution in [-0.4, -0.2) is 86.0 Å². The van der Waals surface area contributed by atoms with Gasteiger partial charge in [0.15, 0.2) is 0 Å². The molecule has 2 N–H and O–H groups in total. The van der Waals surface area contributed by atoms with E-state index in [0.717, 1.165) is 57.5 Å². The Hall–Kier alpha value is -2.42. The van der Waals surface area contributed by atoms with Crippen LogP contribution in [0.3, 0.4) is 0 Å². The topological polar surface area (TPSA) is 82.7 Å². The van der Waals surface area contributed by atoms with E-state index in [-0.39, 0.29) is 11.9 Å². The zero-order chi connectivity index (χ0) is 24.9. The maximum Gasteiger partial charge on any atom is 0.223 e. The van der Waals surface area contributed by atoms with E-state index < -0.39 is 0 Å². The van der Waals surface area contributed by atoms with Gasteiger partial charge in [-0.3, -0.25) is 9.89 Å². The van der Waals surface area contributed by atoms with E-state index in [1.807, 2.05) is 43.6 Å². The number of methoxy groups -OCH3 is 1. The van der Waals surface area contributed by atoms with Gasteiger partial charge in [-0.2, -0.15) is 5.10 Å². The summed E-state index contributed by atoms with van der Waals surface area (Å²) in [5.41, 5.74) is 2.49. The van der Waals surface area contributed by atoms with E-state index in [1.165, 1.54) is 11.3 Å². The molecule has 1 aromatic heterocycles. The molecule has 0 atom stereocenters. The minimum Gasteiger partial charge on any atom is -0.492 e. The summed E-state index contributed by atoms with van der Waals surface area (Å²) >= 11 is 0. The van der Waals surface area contributed by atoms with Crippen LogP contribution in [0.4, 0.5) is 0 Å². The summed E-state index contributed by atoms with van der Waals surface area (Å²) in [7, 11) is 5.81. The van der Waals surface area contributed by atoms with Crippen molar-refractivity contribution in [3.05, 3.63) is 47.8 Å². The first-order valence-electron chi connectivity index (χ1n) is 12.9. The van der Waals surface area contributed by atoms with Crippen LogP contribution in [-0.2, 0) is 16.1 Å². The molecule has 0 bridgehead atoms. The minimum atomic E-state index is 0.203. The normalized spacial score (nSPS) is 18.1. The Morgan fingerprint density at radius 2 is 1.91 bits per heavy atom. The predicted molar refractivity (Wildman–Crippen MR) is 139 cm³/mol. The lowest BCUT2D eigenvalue weighted by molar-refractivity contribution is -0.135. The number of aromatic nitrogens is 2. The molecule has 0 radical (unpaired) electrons. The third-order valence-electron chi connectivity index (χ3n) is 6.86. The van der Waals surface area contributed by atoms with Crippen LogP contribution in [0.1, 0.15) is 55.7 Å². The van der Waals surface area contributed by atoms with E-state index in [4.69, 9.17) is 9.47 Å². The quantitative estimate of drug-likeness (QED) is 0.376. The fourth-order valence-electron chi connectivity index (χ4n) is 4.94. The van der Waals surface area contributed by atoms with Gasteiger partial charge in [-0.25, -0.2) is 0 Å². The molecule has 0 aliphatic heterocycles. The second kappa shape index (κ2) is 14.9. The lowest BCUT2D eigenvalue weighted by Gasteiger charge is -2.37. The molecule has 8 heteroatoms. The summed E-state index contributed by atoms with van der Waals surface area (Å²) in [6, 6.07) is 10.1. The number of aromatic amines is 1. The van der Waals surface area contributed by atoms with Gasteiger partial charge in [0.05, 0.1) is 12.2 Å². The van der Waals surface area contributed by atoms with Crippen molar-refractivity contribution in [2.45, 2.75) is 57.0 Å². The molecule has 0 saturated heterocycles. The molecule has 1 aromatic carbocycles. The van der Waals surface area contributed by atoms with E-state index in [2.05, 4.69) is 32.4 Å². The zero-order valence-electron chi connectivity index (χ0n) is 21.7. The van der Waals surface area contributed by atoms with Crippen molar-refractivity contribution in [1.29, 1.82) is 0 Å². The number of hydrogen-bond acceptors (Lipinski definition) is 6. The number of hydrogen-bond donors (Lipinski definition) is 2. The van der Waals surface area contributed by atoms with Crippen molar-refractivity contribution in [2.24, 2.45) is 0 Å². The molecule has 1 saturated carbocycles. The molecule has 1 heterocycles. The van der Waals surface area contributed by atoms with Crippen molar-refractivity contribution in [3.8, 4) is 5.75 Å². The van der Waals surface area contributed by atoms with E-state index in [9.17, 15) is 4.79 Å². The number of nitrogens with zero attached hydrogens (tertiary/aromatic N) is 3. The summed E-state index contributed by atoms with van der Waals surface area (Å²) in [5.74, 6) is 1.48. The smallest absolute Gasteiger partial charge is 0.223 e. The van der Waals surface area contributed by atoms with Gasteiger partial charge in [0.2, 0.25) is 5.91 Å². The third-order valence-corrected chi connectivity index (χ3v) is 6.86. The van der Waals surface area contributed by atoms with E-state index in [1.54, 1.807) is 7.11 Å². The van der Waals surface area contributed by atoms with Gasteiger partial charge in [0.25, 0.3) is 0 Å². The van der Waals surface area contributed by atoms with E-state index >= 15 is 0 Å². The second-order valence-corrected chi connectivity index (χ2v) is 9.49. The van der Waals surface area contributed by atoms with Crippen LogP contribution in [0.5, 0.6) is 5.75 Å². The van der Waals surface area contributed by atoms with Gasteiger partial charge in [-0.05, 0) is 58.3 Å². The zero-order valence-corrected chi connectivity index (χ0v) is 21.7. The number of H-pyrrole nitrogens is 1. The summed E-state index contributed by atoms with van der Waals surface area (Å²) in [6.07, 6.45) is 7.39. The van der Waals surface area contributed by atoms with Gasteiger partial charge in [-0.15, -0.1) is 0 Å². The second-order valence-electron chi connectivity index (χ2n) is 9.49. The number of likely N-dealkylation sites (N-methyl/N-ethyl adjacent to an activating group) is 2. The number of nitrogens with one attached hydrogen (secondary N) is 2. The standard InChI is InChI=1S/C27H43N5O3/c1-28-15-16-31(2)21-23-20-29-30-27(23)22-11-13-24(14-12-22)32(26(33)10-7-18-34-3)17-19-35-25-8-5-4-6-9-25/h4-6,8-9,20,22,24,28H,7,10-19,21H2,1-3H3,(H,29,30). The highest BCUT2D eigenvalue weighted by molar-refractivity contribution is 5.76. The molecule has 0 spiro atoms. The lowest BCUT2D eigenvalue weighted by atomic mass is 9.82. The highest BCUT2D eigenvalue weighted by Crippen LogP contribution is 2.35. The Balaban J connectivity index is 1.56. The first kappa shape index (κ1) is 27.2. The monoisotopic (exact) mass is 485 g/mol. The van der Waals surface area contributed by atoms with Crippen molar-refractivity contribution < 1.29 is 14.3 Å². The molecule has 194 valence electrons. The molecule has 3 rings (SSSR count). The fourth-order valence-corrected chi connectivity index (χ4v) is 4.94. The fraction of sp³-hybridized carbons (Fsp3) is 0.630. The van der Waals surface area contributed by atoms with Crippen LogP contribution < -0.4 is 10.1 Å². The number of para-hydroxylation sites is 1. The van der Waals surface area contributed by atoms with Gasteiger partial charge in [0, 0.05) is 63.5 Å². The SMILES string of the molecule is CNCCN(C)Cc1c[nH]nc1C1CCC(N(CCOc2ccccc2)C(=O)CCCOC)CC1. The number of ether oxygens (including phenoxy) is 2. The molecular weight excluding hydrogens is 442 g/mol. The molecule has 8 nitrogen and oxygen atoms in total. The van der Waals surface area contributed by atoms with Gasteiger partial charge < -0.3 is 24.6 Å². The summed E-state index contributed by atoms with van der Waals surface area (Å²) < 4.78 is 11.1. The molecule has 1 aliphatic carbocycles. The molecule has 2 aromatic rings. The predicted octanol–water partition coefficient (Wildman–Crippen LogP) is 3.42. The van der Waals surface area contributed by atoms with Crippen molar-refractivity contribution in [3.63, 3.8) is 0 Å². The average Bonchev–Trinajstić information content (AvgIpc) is 3.34. The van der Waals surface area contributed by atoms with Gasteiger partial charge in [-0.1, -0.05) is 18.2 Å². The summed E-state index contributed by atoms with van der Waals surface area (Å²) in [4.78, 5) is 17.5. The first-order valence-corrected chi connectivity index (χ1v) is 12.9. The largest absolute Gasteiger partial charge is 0.492 e. The Bertz CT molecular complexity index is 852. The van der Waals surface area contributed by atoms with Gasteiger partial charge in [0.1, 0.15) is 12.4 Å². The number of amides is 1. The maximum atomic E-state index is 13.1. The average molecular weight is 486 g/mol. The Kier molecular flexibility index (Phi) is 11.5. The lowest BCUT2D eigenvalue weighted by Crippen LogP contribution is -2.44. The number of carbonyl (C=O) groups excluding carboxylic acids is 1. The van der Waals surface area contributed by atoms with Crippen LogP contribution in [0, 0.1) is 0 Å². The van der Waals surface area contributed by atoms with Crippen LogP contribution in [0.2, 0.25) is 0 Å². The van der Waals surface area contributed by atoms with Crippen molar-refractivity contribution >= 4 is 5.91 Å². The van der Waals surface area contributed by atoms with Gasteiger partial charge >= 0.3 is 0 Å². The highest BCUT2D eigenvalue weighted by Gasteiger charge is 2.31. The summed E-state index contributed by atoms with van der Waals surface area (Å²) in [5, 5.41) is 10.9. The first-order chi connectivity index (χ1) is 17.1. The molecular formula is C27H43N5O3. The summed E-state index contributed by atoms with van der Waals surface area (Å²) in [6.45, 7) is 4.59. The molecule has 35 heavy (non-hydrogen) atoms. The number of carbonyl (C=O) groups is 1. The maximum absolute atomic E-state index is 13.1. The molecule has 1 amide bonds. The number of benzene rings is 1. The molecule has 1 fully saturated rings. The van der Waals surface area contributed by atoms with Crippen LogP contribution in [0.15, 0.2) is 36.5 Å². The third kappa shape index (κ3) is 8.63. The molecule has 0 unspecified atom stereocenters. The Morgan fingerprint density at radius 3 is 2.63 bits per heavy atom. The van der Waals surface area contributed by atoms with Crippen LogP contribution in [0.25, 0.3) is 0 Å². The Labute approximate surface area is 210 Å². The van der Waals surface area contributed by atoms with Crippen LogP contribution >= 0.6 is 0 Å².